The lowest BCUT2D eigenvalue weighted by Crippen LogP contribution is -2.42. The fourth-order valence-corrected chi connectivity index (χ4v) is 3.70. The van der Waals surface area contributed by atoms with E-state index < -0.39 is 17.2 Å². The molecule has 1 amide bonds. The largest absolute Gasteiger partial charge is 0.385 e. The number of halogens is 2. The number of hydrogen-bond acceptors (Lipinski definition) is 5. The van der Waals surface area contributed by atoms with Gasteiger partial charge in [-0.15, -0.1) is 0 Å². The molecule has 1 aromatic carbocycles. The molecular formula is C21H23Cl2N5O4. The smallest absolute Gasteiger partial charge is 0.330 e. The number of nitrogens with one attached hydrogen (secondary N) is 1. The molecule has 32 heavy (non-hydrogen) atoms. The summed E-state index contributed by atoms with van der Waals surface area (Å²) in [6, 6.07) is 10.6. The number of H-pyrrole nitrogens is 1. The van der Waals surface area contributed by atoms with Gasteiger partial charge in [-0.3, -0.25) is 24.0 Å². The Balaban J connectivity index is 2.12. The molecule has 0 bridgehead atoms. The van der Waals surface area contributed by atoms with E-state index in [-0.39, 0.29) is 40.5 Å². The van der Waals surface area contributed by atoms with Gasteiger partial charge < -0.3 is 15.0 Å². The van der Waals surface area contributed by atoms with E-state index in [2.05, 4.69) is 4.98 Å². The summed E-state index contributed by atoms with van der Waals surface area (Å²) in [4.78, 5) is 42.2. The number of nitrogens with two attached hydrogens (primary N) is 1. The molecule has 0 unspecified atom stereocenters. The molecule has 0 atom stereocenters. The molecule has 0 saturated carbocycles. The summed E-state index contributed by atoms with van der Waals surface area (Å²) in [5, 5.41) is 0.382. The van der Waals surface area contributed by atoms with Crippen LogP contribution in [0.4, 0.5) is 11.5 Å². The zero-order valence-corrected chi connectivity index (χ0v) is 19.1. The average Bonchev–Trinajstić information content (AvgIpc) is 3.03. The van der Waals surface area contributed by atoms with Crippen molar-refractivity contribution in [2.45, 2.75) is 13.0 Å². The standard InChI is InChI=1S/C21H23Cl2N5O4/c1-26-15(11-14(22)17(26)23)20(30)27(9-6-10-32-2)16-18(24)28(21(31)25-19(16)29)12-13-7-4-3-5-8-13/h3-5,7-8,11H,6,9-10,12,24H2,1-2H3,(H,25,29,31). The first kappa shape index (κ1) is 23.6. The predicted octanol–water partition coefficient (Wildman–Crippen LogP) is 2.50. The first-order valence-electron chi connectivity index (χ1n) is 9.74. The first-order chi connectivity index (χ1) is 15.3. The van der Waals surface area contributed by atoms with Crippen LogP contribution in [0.2, 0.25) is 10.2 Å². The molecule has 0 fully saturated rings. The van der Waals surface area contributed by atoms with Crippen molar-refractivity contribution in [3.63, 3.8) is 0 Å². The molecule has 0 aliphatic rings. The summed E-state index contributed by atoms with van der Waals surface area (Å²) < 4.78 is 7.72. The van der Waals surface area contributed by atoms with Crippen molar-refractivity contribution in [1.29, 1.82) is 0 Å². The second kappa shape index (κ2) is 10.1. The Bertz CT molecular complexity index is 1230. The van der Waals surface area contributed by atoms with Crippen LogP contribution in [0.25, 0.3) is 0 Å². The molecule has 11 heteroatoms. The number of benzene rings is 1. The molecular weight excluding hydrogens is 457 g/mol. The predicted molar refractivity (Wildman–Crippen MR) is 125 cm³/mol. The molecule has 0 aliphatic carbocycles. The van der Waals surface area contributed by atoms with Crippen LogP contribution in [0.15, 0.2) is 46.0 Å². The van der Waals surface area contributed by atoms with Crippen LogP contribution in [0.3, 0.4) is 0 Å². The van der Waals surface area contributed by atoms with Crippen LogP contribution in [0, 0.1) is 0 Å². The third-order valence-corrected chi connectivity index (χ3v) is 5.82. The third kappa shape index (κ3) is 4.74. The summed E-state index contributed by atoms with van der Waals surface area (Å²) in [6.07, 6.45) is 0.421. The van der Waals surface area contributed by atoms with Gasteiger partial charge >= 0.3 is 5.69 Å². The maximum atomic E-state index is 13.4. The van der Waals surface area contributed by atoms with Crippen LogP contribution in [0.1, 0.15) is 22.5 Å². The van der Waals surface area contributed by atoms with Gasteiger partial charge in [-0.2, -0.15) is 0 Å². The van der Waals surface area contributed by atoms with Crippen molar-refractivity contribution in [2.24, 2.45) is 7.05 Å². The van der Waals surface area contributed by atoms with Crippen LogP contribution < -0.4 is 21.9 Å². The molecule has 9 nitrogen and oxygen atoms in total. The van der Waals surface area contributed by atoms with Crippen LogP contribution >= 0.6 is 23.2 Å². The van der Waals surface area contributed by atoms with E-state index in [0.717, 1.165) is 5.56 Å². The Hall–Kier alpha value is -3.01. The van der Waals surface area contributed by atoms with E-state index >= 15 is 0 Å². The summed E-state index contributed by atoms with van der Waals surface area (Å²) in [7, 11) is 3.11. The first-order valence-corrected chi connectivity index (χ1v) is 10.5. The van der Waals surface area contributed by atoms with Gasteiger partial charge in [-0.1, -0.05) is 53.5 Å². The zero-order chi connectivity index (χ0) is 23.4. The fourth-order valence-electron chi connectivity index (χ4n) is 3.33. The van der Waals surface area contributed by atoms with Crippen LogP contribution in [-0.4, -0.2) is 40.3 Å². The number of amides is 1. The Morgan fingerprint density at radius 3 is 2.50 bits per heavy atom. The highest BCUT2D eigenvalue weighted by Gasteiger charge is 2.28. The van der Waals surface area contributed by atoms with E-state index in [1.807, 2.05) is 30.3 Å². The molecule has 3 aromatic rings. The number of hydrogen-bond donors (Lipinski definition) is 2. The highest BCUT2D eigenvalue weighted by atomic mass is 35.5. The fraction of sp³-hybridized carbons (Fsp3) is 0.286. The van der Waals surface area contributed by atoms with Gasteiger partial charge in [0.2, 0.25) is 0 Å². The molecule has 0 radical (unpaired) electrons. The molecule has 3 rings (SSSR count). The number of ether oxygens (including phenoxy) is 1. The lowest BCUT2D eigenvalue weighted by molar-refractivity contribution is 0.0975. The molecule has 0 spiro atoms. The van der Waals surface area contributed by atoms with Gasteiger partial charge in [0, 0.05) is 27.3 Å². The number of anilines is 2. The Morgan fingerprint density at radius 2 is 1.91 bits per heavy atom. The summed E-state index contributed by atoms with van der Waals surface area (Å²) in [5.74, 6) is -0.667. The van der Waals surface area contributed by atoms with Crippen molar-refractivity contribution in [1.82, 2.24) is 14.1 Å². The van der Waals surface area contributed by atoms with E-state index in [1.54, 1.807) is 7.05 Å². The summed E-state index contributed by atoms with van der Waals surface area (Å²) in [6.45, 7) is 0.584. The van der Waals surface area contributed by atoms with Gasteiger partial charge in [0.05, 0.1) is 11.6 Å². The van der Waals surface area contributed by atoms with Crippen LogP contribution in [-0.2, 0) is 18.3 Å². The maximum absolute atomic E-state index is 13.4. The van der Waals surface area contributed by atoms with Gasteiger partial charge in [0.15, 0.2) is 5.69 Å². The highest BCUT2D eigenvalue weighted by Crippen LogP contribution is 2.28. The van der Waals surface area contributed by atoms with Crippen molar-refractivity contribution in [3.05, 3.63) is 78.7 Å². The van der Waals surface area contributed by atoms with E-state index in [9.17, 15) is 14.4 Å². The second-order valence-corrected chi connectivity index (χ2v) is 7.86. The van der Waals surface area contributed by atoms with Gasteiger partial charge in [-0.05, 0) is 18.1 Å². The Labute approximate surface area is 193 Å². The number of aromatic amines is 1. The summed E-state index contributed by atoms with van der Waals surface area (Å²) in [5.41, 5.74) is 5.68. The van der Waals surface area contributed by atoms with Crippen molar-refractivity contribution in [2.75, 3.05) is 30.9 Å². The molecule has 0 saturated heterocycles. The van der Waals surface area contributed by atoms with Crippen LogP contribution in [0.5, 0.6) is 0 Å². The van der Waals surface area contributed by atoms with E-state index in [1.165, 1.54) is 27.2 Å². The lowest BCUT2D eigenvalue weighted by Gasteiger charge is -2.24. The average molecular weight is 480 g/mol. The molecule has 170 valence electrons. The van der Waals surface area contributed by atoms with E-state index in [4.69, 9.17) is 33.7 Å². The summed E-state index contributed by atoms with van der Waals surface area (Å²) >= 11 is 12.2. The number of aromatic nitrogens is 3. The minimum absolute atomic E-state index is 0.115. The molecule has 0 aliphatic heterocycles. The SMILES string of the molecule is COCCCN(C(=O)c1cc(Cl)c(Cl)n1C)c1c(N)n(Cc2ccccc2)c(=O)[nH]c1=O. The zero-order valence-electron chi connectivity index (χ0n) is 17.6. The normalized spacial score (nSPS) is 11.0. The number of nitrogens with zero attached hydrogens (tertiary/aromatic N) is 3. The Kier molecular flexibility index (Phi) is 7.44. The molecule has 3 N–H and O–H groups in total. The van der Waals surface area contributed by atoms with E-state index in [0.29, 0.717) is 13.0 Å². The third-order valence-electron chi connectivity index (χ3n) is 4.98. The lowest BCUT2D eigenvalue weighted by atomic mass is 10.2. The quantitative estimate of drug-likeness (QED) is 0.481. The number of nitrogen functional groups attached to an aromatic ring is 1. The Morgan fingerprint density at radius 1 is 1.22 bits per heavy atom. The molecule has 2 heterocycles. The topological polar surface area (TPSA) is 115 Å². The minimum Gasteiger partial charge on any atom is -0.385 e. The van der Waals surface area contributed by atoms with Gasteiger partial charge in [0.1, 0.15) is 16.7 Å². The monoisotopic (exact) mass is 479 g/mol. The number of methoxy groups -OCH3 is 1. The number of carbonyl (C=O) groups excluding carboxylic acids is 1. The molecule has 2 aromatic heterocycles. The van der Waals surface area contributed by atoms with Crippen molar-refractivity contribution >= 4 is 40.6 Å². The minimum atomic E-state index is -0.769. The number of rotatable bonds is 8. The maximum Gasteiger partial charge on any atom is 0.330 e. The van der Waals surface area contributed by atoms with Crippen molar-refractivity contribution < 1.29 is 9.53 Å². The number of carbonyl (C=O) groups is 1. The van der Waals surface area contributed by atoms with Gasteiger partial charge in [-0.25, -0.2) is 4.79 Å². The highest BCUT2D eigenvalue weighted by molar-refractivity contribution is 6.42. The second-order valence-electron chi connectivity index (χ2n) is 7.10. The van der Waals surface area contributed by atoms with Gasteiger partial charge in [0.25, 0.3) is 11.5 Å². The van der Waals surface area contributed by atoms with Crippen molar-refractivity contribution in [3.8, 4) is 0 Å².